The van der Waals surface area contributed by atoms with Gasteiger partial charge in [-0.25, -0.2) is 0 Å². The number of carbonyl (C=O) groups is 2. The molecule has 0 bridgehead atoms. The minimum absolute atomic E-state index is 0.0290. The second-order valence-electron chi connectivity index (χ2n) is 15.3. The molecule has 1 unspecified atom stereocenters. The maximum Gasteiger partial charge on any atom is 0.220 e. The Bertz CT molecular complexity index is 730. The minimum atomic E-state index is -0.336. The van der Waals surface area contributed by atoms with Crippen LogP contribution in [0.3, 0.4) is 0 Å². The molecule has 0 aromatic heterocycles. The highest BCUT2D eigenvalue weighted by atomic mass is 16.6. The van der Waals surface area contributed by atoms with E-state index >= 15 is 0 Å². The number of ether oxygens (including phenoxy) is 2. The average Bonchev–Trinajstić information content (AvgIpc) is 2.78. The predicted molar refractivity (Wildman–Crippen MR) is 158 cm³/mol. The first kappa shape index (κ1) is 34.9. The van der Waals surface area contributed by atoms with Gasteiger partial charge in [-0.15, -0.1) is 0 Å². The highest BCUT2D eigenvalue weighted by Gasteiger charge is 2.36. The SMILES string of the molecule is CCC(C)(C)CCC(C)(C)OC(CNC(=O)CC1(CC(N)=O)CCCCC1)COC(C)(C)CCC(C)(C)C. The molecule has 0 aliphatic heterocycles. The van der Waals surface area contributed by atoms with E-state index in [4.69, 9.17) is 15.2 Å². The van der Waals surface area contributed by atoms with E-state index in [1.165, 1.54) is 0 Å². The van der Waals surface area contributed by atoms with E-state index in [0.717, 1.165) is 64.2 Å². The van der Waals surface area contributed by atoms with Crippen molar-refractivity contribution in [3.05, 3.63) is 0 Å². The van der Waals surface area contributed by atoms with Gasteiger partial charge in [-0.05, 0) is 82.5 Å². The van der Waals surface area contributed by atoms with Gasteiger partial charge in [-0.1, -0.05) is 67.2 Å². The molecule has 1 fully saturated rings. The molecule has 3 N–H and O–H groups in total. The number of primary amides is 1. The lowest BCUT2D eigenvalue weighted by atomic mass is 9.69. The van der Waals surface area contributed by atoms with Crippen LogP contribution in [0.15, 0.2) is 0 Å². The van der Waals surface area contributed by atoms with Crippen LogP contribution in [0.2, 0.25) is 0 Å². The normalized spacial score (nSPS) is 17.7. The summed E-state index contributed by atoms with van der Waals surface area (Å²) in [6.45, 7) is 23.0. The topological polar surface area (TPSA) is 90.6 Å². The zero-order chi connectivity index (χ0) is 29.3. The van der Waals surface area contributed by atoms with Crippen LogP contribution in [0.5, 0.6) is 0 Å². The van der Waals surface area contributed by atoms with Gasteiger partial charge in [0.25, 0.3) is 0 Å². The van der Waals surface area contributed by atoms with Gasteiger partial charge in [0.15, 0.2) is 0 Å². The Hall–Kier alpha value is -1.14. The van der Waals surface area contributed by atoms with Crippen molar-refractivity contribution in [1.82, 2.24) is 5.32 Å². The molecule has 0 radical (unpaired) electrons. The molecule has 1 atom stereocenters. The number of rotatable bonds is 17. The zero-order valence-corrected chi connectivity index (χ0v) is 26.7. The van der Waals surface area contributed by atoms with E-state index in [9.17, 15) is 9.59 Å². The molecule has 6 nitrogen and oxygen atoms in total. The van der Waals surface area contributed by atoms with Gasteiger partial charge in [-0.2, -0.15) is 0 Å². The van der Waals surface area contributed by atoms with Gasteiger partial charge >= 0.3 is 0 Å². The molecule has 1 aliphatic carbocycles. The molecule has 38 heavy (non-hydrogen) atoms. The Morgan fingerprint density at radius 3 is 1.95 bits per heavy atom. The summed E-state index contributed by atoms with van der Waals surface area (Å²) in [5.41, 5.74) is 5.17. The van der Waals surface area contributed by atoms with Crippen LogP contribution in [0.1, 0.15) is 146 Å². The number of amides is 2. The van der Waals surface area contributed by atoms with Crippen molar-refractivity contribution in [3.63, 3.8) is 0 Å². The minimum Gasteiger partial charge on any atom is -0.373 e. The summed E-state index contributed by atoms with van der Waals surface area (Å²) in [4.78, 5) is 24.9. The Morgan fingerprint density at radius 1 is 0.842 bits per heavy atom. The quantitative estimate of drug-likeness (QED) is 0.203. The fourth-order valence-electron chi connectivity index (χ4n) is 5.25. The Balaban J connectivity index is 2.87. The molecule has 1 saturated carbocycles. The van der Waals surface area contributed by atoms with Crippen molar-refractivity contribution in [1.29, 1.82) is 0 Å². The number of nitrogens with two attached hydrogens (primary N) is 1. The molecule has 224 valence electrons. The zero-order valence-electron chi connectivity index (χ0n) is 26.7. The van der Waals surface area contributed by atoms with Crippen LogP contribution in [-0.2, 0) is 19.1 Å². The summed E-state index contributed by atoms with van der Waals surface area (Å²) in [5.74, 6) is -0.345. The third-order valence-electron chi connectivity index (χ3n) is 8.51. The summed E-state index contributed by atoms with van der Waals surface area (Å²) in [7, 11) is 0. The summed E-state index contributed by atoms with van der Waals surface area (Å²) in [5, 5.41) is 3.13. The van der Waals surface area contributed by atoms with Crippen molar-refractivity contribution in [2.45, 2.75) is 164 Å². The van der Waals surface area contributed by atoms with Crippen molar-refractivity contribution < 1.29 is 19.1 Å². The first-order valence-corrected chi connectivity index (χ1v) is 15.1. The molecule has 0 spiro atoms. The van der Waals surface area contributed by atoms with Crippen LogP contribution >= 0.6 is 0 Å². The molecule has 6 heteroatoms. The molecule has 1 rings (SSSR count). The van der Waals surface area contributed by atoms with Crippen molar-refractivity contribution in [3.8, 4) is 0 Å². The average molecular weight is 539 g/mol. The fraction of sp³-hybridized carbons (Fsp3) is 0.938. The second-order valence-corrected chi connectivity index (χ2v) is 15.3. The molecular weight excluding hydrogens is 476 g/mol. The third kappa shape index (κ3) is 14.9. The smallest absolute Gasteiger partial charge is 0.220 e. The largest absolute Gasteiger partial charge is 0.373 e. The lowest BCUT2D eigenvalue weighted by Crippen LogP contribution is -2.44. The highest BCUT2D eigenvalue weighted by Crippen LogP contribution is 2.42. The van der Waals surface area contributed by atoms with Gasteiger partial charge < -0.3 is 20.5 Å². The van der Waals surface area contributed by atoms with Crippen molar-refractivity contribution in [2.75, 3.05) is 13.2 Å². The van der Waals surface area contributed by atoms with Crippen LogP contribution in [-0.4, -0.2) is 42.3 Å². The molecule has 0 aromatic rings. The lowest BCUT2D eigenvalue weighted by Gasteiger charge is -2.37. The van der Waals surface area contributed by atoms with Gasteiger partial charge in [-0.3, -0.25) is 9.59 Å². The van der Waals surface area contributed by atoms with Crippen LogP contribution in [0, 0.1) is 16.2 Å². The standard InChI is InChI=1S/C32H62N2O4/c1-11-29(5,6)18-20-31(9,10)38-25(24-37-30(7,8)19-17-28(2,3)4)23-34-27(36)22-32(21-26(33)35)15-13-12-14-16-32/h25H,11-24H2,1-10H3,(H2,33,35)(H,34,36). The molecule has 0 saturated heterocycles. The summed E-state index contributed by atoms with van der Waals surface area (Å²) in [6, 6.07) is 0. The van der Waals surface area contributed by atoms with Crippen molar-refractivity contribution >= 4 is 11.8 Å². The predicted octanol–water partition coefficient (Wildman–Crippen LogP) is 7.32. The Kier molecular flexibility index (Phi) is 13.3. The monoisotopic (exact) mass is 538 g/mol. The van der Waals surface area contributed by atoms with Crippen LogP contribution in [0.4, 0.5) is 0 Å². The van der Waals surface area contributed by atoms with Gasteiger partial charge in [0.2, 0.25) is 11.8 Å². The third-order valence-corrected chi connectivity index (χ3v) is 8.51. The Labute approximate surface area is 234 Å². The van der Waals surface area contributed by atoms with E-state index in [1.54, 1.807) is 0 Å². The number of nitrogens with one attached hydrogen (secondary N) is 1. The van der Waals surface area contributed by atoms with Gasteiger partial charge in [0.05, 0.1) is 23.9 Å². The molecule has 0 aromatic carbocycles. The number of hydrogen-bond acceptors (Lipinski definition) is 4. The number of hydrogen-bond donors (Lipinski definition) is 2. The van der Waals surface area contributed by atoms with E-state index in [0.29, 0.717) is 19.6 Å². The molecule has 1 aliphatic rings. The van der Waals surface area contributed by atoms with E-state index in [-0.39, 0.29) is 51.8 Å². The lowest BCUT2D eigenvalue weighted by molar-refractivity contribution is -0.140. The van der Waals surface area contributed by atoms with Gasteiger partial charge in [0.1, 0.15) is 0 Å². The Morgan fingerprint density at radius 2 is 1.42 bits per heavy atom. The van der Waals surface area contributed by atoms with Crippen molar-refractivity contribution in [2.24, 2.45) is 22.0 Å². The summed E-state index contributed by atoms with van der Waals surface area (Å²) >= 11 is 0. The van der Waals surface area contributed by atoms with Crippen LogP contribution < -0.4 is 11.1 Å². The molecule has 2 amide bonds. The fourth-order valence-corrected chi connectivity index (χ4v) is 5.25. The first-order chi connectivity index (χ1) is 17.3. The summed E-state index contributed by atoms with van der Waals surface area (Å²) in [6.07, 6.45) is 10.6. The maximum absolute atomic E-state index is 13.1. The number of carbonyl (C=O) groups excluding carboxylic acids is 2. The molecular formula is C32H62N2O4. The summed E-state index contributed by atoms with van der Waals surface area (Å²) < 4.78 is 13.1. The van der Waals surface area contributed by atoms with E-state index in [2.05, 4.69) is 74.6 Å². The van der Waals surface area contributed by atoms with E-state index < -0.39 is 0 Å². The second kappa shape index (κ2) is 14.5. The van der Waals surface area contributed by atoms with E-state index in [1.807, 2.05) is 0 Å². The van der Waals surface area contributed by atoms with Gasteiger partial charge in [0, 0.05) is 19.4 Å². The highest BCUT2D eigenvalue weighted by molar-refractivity contribution is 5.79. The van der Waals surface area contributed by atoms with Crippen LogP contribution in [0.25, 0.3) is 0 Å². The molecule has 0 heterocycles. The first-order valence-electron chi connectivity index (χ1n) is 15.1. The maximum atomic E-state index is 13.1.